The second-order valence-corrected chi connectivity index (χ2v) is 6.43. The first-order chi connectivity index (χ1) is 10.2. The summed E-state index contributed by atoms with van der Waals surface area (Å²) >= 11 is 7.64. The summed E-state index contributed by atoms with van der Waals surface area (Å²) in [6.07, 6.45) is 0.883. The van der Waals surface area contributed by atoms with E-state index < -0.39 is 0 Å². The molecule has 0 radical (unpaired) electrons. The number of ether oxygens (including phenoxy) is 2. The van der Waals surface area contributed by atoms with Gasteiger partial charge in [-0.25, -0.2) is 0 Å². The Kier molecular flexibility index (Phi) is 5.91. The van der Waals surface area contributed by atoms with E-state index in [4.69, 9.17) is 21.1 Å². The van der Waals surface area contributed by atoms with Crippen LogP contribution in [-0.2, 0) is 6.42 Å². The molecule has 21 heavy (non-hydrogen) atoms. The van der Waals surface area contributed by atoms with Crippen molar-refractivity contribution in [3.63, 3.8) is 0 Å². The maximum Gasteiger partial charge on any atom is 0.127 e. The molecule has 2 rings (SSSR count). The second kappa shape index (κ2) is 7.69. The number of halogens is 1. The molecule has 1 aromatic carbocycles. The van der Waals surface area contributed by atoms with Gasteiger partial charge in [-0.05, 0) is 24.7 Å². The summed E-state index contributed by atoms with van der Waals surface area (Å²) in [5, 5.41) is 3.51. The summed E-state index contributed by atoms with van der Waals surface area (Å²) in [6.45, 7) is 2.99. The van der Waals surface area contributed by atoms with E-state index in [1.165, 1.54) is 4.88 Å². The molecule has 5 heteroatoms. The van der Waals surface area contributed by atoms with E-state index in [1.54, 1.807) is 25.6 Å². The molecule has 0 saturated carbocycles. The number of hydrogen-bond acceptors (Lipinski definition) is 4. The molecule has 0 fully saturated rings. The lowest BCUT2D eigenvalue weighted by Crippen LogP contribution is -2.23. The highest BCUT2D eigenvalue weighted by molar-refractivity contribution is 7.16. The van der Waals surface area contributed by atoms with Crippen LogP contribution in [-0.4, -0.2) is 20.8 Å². The van der Waals surface area contributed by atoms with Gasteiger partial charge in [-0.15, -0.1) is 11.3 Å². The highest BCUT2D eigenvalue weighted by atomic mass is 35.5. The molecule has 3 nitrogen and oxygen atoms in total. The van der Waals surface area contributed by atoms with Crippen LogP contribution in [0.2, 0.25) is 4.34 Å². The van der Waals surface area contributed by atoms with Crippen molar-refractivity contribution in [3.05, 3.63) is 45.1 Å². The first kappa shape index (κ1) is 16.1. The minimum Gasteiger partial charge on any atom is -0.497 e. The first-order valence-electron chi connectivity index (χ1n) is 6.87. The molecule has 0 saturated heterocycles. The third kappa shape index (κ3) is 4.13. The summed E-state index contributed by atoms with van der Waals surface area (Å²) in [6, 6.07) is 10.1. The van der Waals surface area contributed by atoms with Gasteiger partial charge >= 0.3 is 0 Å². The molecule has 0 spiro atoms. The minimum absolute atomic E-state index is 0.186. The van der Waals surface area contributed by atoms with E-state index in [9.17, 15) is 0 Å². The maximum absolute atomic E-state index is 6.02. The zero-order valence-electron chi connectivity index (χ0n) is 12.5. The van der Waals surface area contributed by atoms with Gasteiger partial charge in [-0.2, -0.15) is 0 Å². The van der Waals surface area contributed by atoms with Crippen molar-refractivity contribution in [3.8, 4) is 11.5 Å². The molecular formula is C16H20ClNO2S. The van der Waals surface area contributed by atoms with Gasteiger partial charge in [-0.1, -0.05) is 24.6 Å². The fourth-order valence-electron chi connectivity index (χ4n) is 2.31. The van der Waals surface area contributed by atoms with Crippen molar-refractivity contribution in [2.75, 3.05) is 20.8 Å². The summed E-state index contributed by atoms with van der Waals surface area (Å²) in [7, 11) is 3.34. The Hall–Kier alpha value is -1.23. The highest BCUT2D eigenvalue weighted by Crippen LogP contribution is 2.33. The summed E-state index contributed by atoms with van der Waals surface area (Å²) in [4.78, 5) is 1.25. The molecule has 0 aliphatic heterocycles. The van der Waals surface area contributed by atoms with Crippen LogP contribution in [0.3, 0.4) is 0 Å². The van der Waals surface area contributed by atoms with Crippen molar-refractivity contribution >= 4 is 22.9 Å². The van der Waals surface area contributed by atoms with E-state index >= 15 is 0 Å². The second-order valence-electron chi connectivity index (χ2n) is 4.63. The van der Waals surface area contributed by atoms with E-state index in [-0.39, 0.29) is 6.04 Å². The number of likely N-dealkylation sites (N-methyl/N-ethyl adjacent to an activating group) is 1. The van der Waals surface area contributed by atoms with Gasteiger partial charge in [0.1, 0.15) is 11.5 Å². The van der Waals surface area contributed by atoms with Gasteiger partial charge in [0, 0.05) is 29.0 Å². The van der Waals surface area contributed by atoms with Gasteiger partial charge < -0.3 is 14.8 Å². The lowest BCUT2D eigenvalue weighted by molar-refractivity contribution is 0.384. The van der Waals surface area contributed by atoms with E-state index in [0.29, 0.717) is 0 Å². The highest BCUT2D eigenvalue weighted by Gasteiger charge is 2.17. The fourth-order valence-corrected chi connectivity index (χ4v) is 3.44. The topological polar surface area (TPSA) is 30.5 Å². The minimum atomic E-state index is 0.186. The summed E-state index contributed by atoms with van der Waals surface area (Å²) in [5.74, 6) is 1.63. The molecule has 1 atom stereocenters. The van der Waals surface area contributed by atoms with Crippen LogP contribution in [0, 0.1) is 0 Å². The van der Waals surface area contributed by atoms with E-state index in [0.717, 1.165) is 34.4 Å². The number of methoxy groups -OCH3 is 2. The van der Waals surface area contributed by atoms with Crippen molar-refractivity contribution in [1.29, 1.82) is 0 Å². The molecule has 1 unspecified atom stereocenters. The smallest absolute Gasteiger partial charge is 0.127 e. The lowest BCUT2D eigenvalue weighted by atomic mass is 10.0. The zero-order valence-corrected chi connectivity index (χ0v) is 14.1. The van der Waals surface area contributed by atoms with Crippen molar-refractivity contribution in [2.45, 2.75) is 19.4 Å². The SMILES string of the molecule is CCNC(Cc1ccc(Cl)s1)c1ccc(OC)cc1OC. The van der Waals surface area contributed by atoms with Crippen LogP contribution >= 0.6 is 22.9 Å². The number of rotatable bonds is 7. The molecule has 0 amide bonds. The Labute approximate surface area is 134 Å². The Bertz CT molecular complexity index is 585. The molecule has 0 bridgehead atoms. The molecule has 1 heterocycles. The fraction of sp³-hybridized carbons (Fsp3) is 0.375. The number of thiophene rings is 1. The number of hydrogen-bond donors (Lipinski definition) is 1. The third-order valence-electron chi connectivity index (χ3n) is 3.30. The molecule has 2 aromatic rings. The molecular weight excluding hydrogens is 306 g/mol. The first-order valence-corrected chi connectivity index (χ1v) is 8.06. The zero-order chi connectivity index (χ0) is 15.2. The third-order valence-corrected chi connectivity index (χ3v) is 4.55. The van der Waals surface area contributed by atoms with Crippen molar-refractivity contribution in [2.24, 2.45) is 0 Å². The van der Waals surface area contributed by atoms with Gasteiger partial charge in [-0.3, -0.25) is 0 Å². The average molecular weight is 326 g/mol. The number of nitrogens with one attached hydrogen (secondary N) is 1. The number of benzene rings is 1. The average Bonchev–Trinajstić information content (AvgIpc) is 2.91. The molecule has 114 valence electrons. The van der Waals surface area contributed by atoms with Crippen LogP contribution in [0.5, 0.6) is 11.5 Å². The van der Waals surface area contributed by atoms with Crippen molar-refractivity contribution < 1.29 is 9.47 Å². The predicted molar refractivity (Wildman–Crippen MR) is 89.0 cm³/mol. The largest absolute Gasteiger partial charge is 0.497 e. The Balaban J connectivity index is 2.28. The molecule has 0 aliphatic rings. The van der Waals surface area contributed by atoms with Gasteiger partial charge in [0.25, 0.3) is 0 Å². The van der Waals surface area contributed by atoms with Crippen LogP contribution in [0.4, 0.5) is 0 Å². The van der Waals surface area contributed by atoms with Gasteiger partial charge in [0.15, 0.2) is 0 Å². The molecule has 1 N–H and O–H groups in total. The lowest BCUT2D eigenvalue weighted by Gasteiger charge is -2.20. The Morgan fingerprint density at radius 3 is 2.57 bits per heavy atom. The Morgan fingerprint density at radius 2 is 2.00 bits per heavy atom. The van der Waals surface area contributed by atoms with E-state index in [1.807, 2.05) is 18.2 Å². The maximum atomic E-state index is 6.02. The van der Waals surface area contributed by atoms with Crippen LogP contribution in [0.15, 0.2) is 30.3 Å². The molecule has 1 aromatic heterocycles. The van der Waals surface area contributed by atoms with Crippen LogP contribution in [0.1, 0.15) is 23.4 Å². The predicted octanol–water partition coefficient (Wildman–Crippen LogP) is 4.31. The molecule has 0 aliphatic carbocycles. The van der Waals surface area contributed by atoms with Gasteiger partial charge in [0.2, 0.25) is 0 Å². The van der Waals surface area contributed by atoms with E-state index in [2.05, 4.69) is 24.4 Å². The monoisotopic (exact) mass is 325 g/mol. The normalized spacial score (nSPS) is 12.2. The van der Waals surface area contributed by atoms with Gasteiger partial charge in [0.05, 0.1) is 18.6 Å². The summed E-state index contributed by atoms with van der Waals surface area (Å²) in [5.41, 5.74) is 1.13. The Morgan fingerprint density at radius 1 is 1.19 bits per heavy atom. The van der Waals surface area contributed by atoms with Crippen LogP contribution in [0.25, 0.3) is 0 Å². The van der Waals surface area contributed by atoms with Crippen molar-refractivity contribution in [1.82, 2.24) is 5.32 Å². The van der Waals surface area contributed by atoms with Crippen LogP contribution < -0.4 is 14.8 Å². The summed E-state index contributed by atoms with van der Waals surface area (Å²) < 4.78 is 11.6. The quantitative estimate of drug-likeness (QED) is 0.822. The standard InChI is InChI=1S/C16H20ClNO2S/c1-4-18-14(10-12-6-8-16(17)21-12)13-7-5-11(19-2)9-15(13)20-3/h5-9,14,18H,4,10H2,1-3H3.